The monoisotopic (exact) mass is 335 g/mol. The van der Waals surface area contributed by atoms with Crippen LogP contribution in [0.3, 0.4) is 0 Å². The van der Waals surface area contributed by atoms with Crippen LogP contribution in [0.15, 0.2) is 20.6 Å². The van der Waals surface area contributed by atoms with Crippen LogP contribution in [0.1, 0.15) is 6.92 Å². The Morgan fingerprint density at radius 1 is 1.67 bits per heavy atom. The molecule has 1 atom stereocenters. The van der Waals surface area contributed by atoms with Gasteiger partial charge in [-0.1, -0.05) is 0 Å². The van der Waals surface area contributed by atoms with Gasteiger partial charge >= 0.3 is 5.97 Å². The number of amides is 1. The van der Waals surface area contributed by atoms with E-state index in [-0.39, 0.29) is 15.8 Å². The third-order valence-corrected chi connectivity index (χ3v) is 3.91. The van der Waals surface area contributed by atoms with Crippen molar-refractivity contribution in [2.75, 3.05) is 5.75 Å². The molecule has 9 heteroatoms. The lowest BCUT2D eigenvalue weighted by Gasteiger charge is -2.12. The van der Waals surface area contributed by atoms with Gasteiger partial charge < -0.3 is 15.4 Å². The van der Waals surface area contributed by atoms with Crippen molar-refractivity contribution in [3.63, 3.8) is 0 Å². The molecule has 7 nitrogen and oxygen atoms in total. The second-order valence-electron chi connectivity index (χ2n) is 3.25. The number of carboxylic acids is 1. The minimum absolute atomic E-state index is 0.0734. The summed E-state index contributed by atoms with van der Waals surface area (Å²) in [6.07, 6.45) is 1.23. The van der Waals surface area contributed by atoms with Crippen LogP contribution >= 0.6 is 27.7 Å². The summed E-state index contributed by atoms with van der Waals surface area (Å²) in [5.74, 6) is -1.50. The van der Waals surface area contributed by atoms with Gasteiger partial charge in [-0.05, 0) is 15.9 Å². The molecule has 0 aliphatic heterocycles. The van der Waals surface area contributed by atoms with Crippen molar-refractivity contribution in [3.05, 3.63) is 21.2 Å². The molecule has 0 radical (unpaired) electrons. The molecular weight excluding hydrogens is 326 g/mol. The molecule has 0 spiro atoms. The van der Waals surface area contributed by atoms with E-state index in [1.807, 2.05) is 0 Å². The Hall–Kier alpha value is -1.35. The quantitative estimate of drug-likeness (QED) is 0.524. The van der Waals surface area contributed by atoms with Crippen LogP contribution in [0.5, 0.6) is 0 Å². The Kier molecular flexibility index (Phi) is 5.35. The van der Waals surface area contributed by atoms with Crippen LogP contribution in [0.2, 0.25) is 0 Å². The smallest absolute Gasteiger partial charge is 0.327 e. The Morgan fingerprint density at radius 2 is 2.33 bits per heavy atom. The van der Waals surface area contributed by atoms with E-state index in [2.05, 4.69) is 31.2 Å². The summed E-state index contributed by atoms with van der Waals surface area (Å²) < 4.78 is 0.238. The summed E-state index contributed by atoms with van der Waals surface area (Å²) in [6, 6.07) is -1.03. The molecule has 0 fully saturated rings. The zero-order valence-electron chi connectivity index (χ0n) is 9.27. The molecular formula is C9H10BrN3O4S. The van der Waals surface area contributed by atoms with Gasteiger partial charge in [0.25, 0.3) is 5.56 Å². The lowest BCUT2D eigenvalue weighted by atomic mass is 10.3. The van der Waals surface area contributed by atoms with E-state index in [1.54, 1.807) is 0 Å². The summed E-state index contributed by atoms with van der Waals surface area (Å²) in [6.45, 7) is 1.24. The molecule has 0 aromatic carbocycles. The third kappa shape index (κ3) is 4.15. The Morgan fingerprint density at radius 3 is 2.89 bits per heavy atom. The summed E-state index contributed by atoms with van der Waals surface area (Å²) in [5, 5.41) is 11.6. The van der Waals surface area contributed by atoms with Gasteiger partial charge in [-0.15, -0.1) is 11.8 Å². The van der Waals surface area contributed by atoms with Gasteiger partial charge in [-0.2, -0.15) is 0 Å². The van der Waals surface area contributed by atoms with Gasteiger partial charge in [0.2, 0.25) is 5.91 Å². The van der Waals surface area contributed by atoms with E-state index in [9.17, 15) is 14.4 Å². The van der Waals surface area contributed by atoms with Crippen molar-refractivity contribution in [1.82, 2.24) is 15.3 Å². The van der Waals surface area contributed by atoms with Crippen LogP contribution in [0.4, 0.5) is 0 Å². The fourth-order valence-corrected chi connectivity index (χ4v) is 2.51. The van der Waals surface area contributed by atoms with Gasteiger partial charge in [0.15, 0.2) is 0 Å². The number of nitrogens with zero attached hydrogens (tertiary/aromatic N) is 1. The lowest BCUT2D eigenvalue weighted by molar-refractivity contribution is -0.140. The fourth-order valence-electron chi connectivity index (χ4n) is 1.05. The molecule has 1 heterocycles. The van der Waals surface area contributed by atoms with E-state index in [0.29, 0.717) is 5.03 Å². The minimum atomic E-state index is -1.14. The second kappa shape index (κ2) is 6.55. The first-order chi connectivity index (χ1) is 8.41. The van der Waals surface area contributed by atoms with Gasteiger partial charge in [-0.3, -0.25) is 9.59 Å². The zero-order valence-corrected chi connectivity index (χ0v) is 11.7. The molecule has 1 aromatic heterocycles. The highest BCUT2D eigenvalue weighted by Crippen LogP contribution is 2.21. The largest absolute Gasteiger partial charge is 0.480 e. The summed E-state index contributed by atoms with van der Waals surface area (Å²) in [4.78, 5) is 39.2. The first-order valence-corrected chi connectivity index (χ1v) is 6.55. The number of aromatic nitrogens is 2. The number of thioether (sulfide) groups is 1. The fraction of sp³-hybridized carbons (Fsp3) is 0.333. The molecule has 0 saturated heterocycles. The normalized spacial score (nSPS) is 11.9. The van der Waals surface area contributed by atoms with Crippen molar-refractivity contribution in [2.45, 2.75) is 18.0 Å². The lowest BCUT2D eigenvalue weighted by Crippen LogP contribution is -2.41. The van der Waals surface area contributed by atoms with Crippen LogP contribution in [-0.4, -0.2) is 38.7 Å². The Labute approximate surface area is 115 Å². The Bertz CT molecular complexity index is 519. The van der Waals surface area contributed by atoms with Crippen molar-refractivity contribution in [3.8, 4) is 0 Å². The summed E-state index contributed by atoms with van der Waals surface area (Å²) >= 11 is 4.12. The number of rotatable bonds is 5. The van der Waals surface area contributed by atoms with Gasteiger partial charge in [0, 0.05) is 12.7 Å². The molecule has 0 bridgehead atoms. The van der Waals surface area contributed by atoms with Crippen molar-refractivity contribution in [2.24, 2.45) is 0 Å². The molecule has 18 heavy (non-hydrogen) atoms. The predicted molar refractivity (Wildman–Crippen MR) is 68.5 cm³/mol. The Balaban J connectivity index is 2.73. The molecule has 0 unspecified atom stereocenters. The average molecular weight is 336 g/mol. The first kappa shape index (κ1) is 14.7. The number of hydrogen-bond donors (Lipinski definition) is 3. The van der Waals surface area contributed by atoms with E-state index in [0.717, 1.165) is 11.8 Å². The van der Waals surface area contributed by atoms with Crippen molar-refractivity contribution in [1.29, 1.82) is 0 Å². The molecule has 3 N–H and O–H groups in total. The highest BCUT2D eigenvalue weighted by Gasteiger charge is 2.19. The number of halogens is 1. The molecule has 0 saturated carbocycles. The van der Waals surface area contributed by atoms with Crippen molar-refractivity contribution < 1.29 is 14.7 Å². The van der Waals surface area contributed by atoms with E-state index >= 15 is 0 Å². The molecule has 0 aliphatic carbocycles. The van der Waals surface area contributed by atoms with E-state index in [4.69, 9.17) is 5.11 Å². The number of nitrogens with one attached hydrogen (secondary N) is 2. The van der Waals surface area contributed by atoms with Gasteiger partial charge in [-0.25, -0.2) is 9.78 Å². The van der Waals surface area contributed by atoms with Crippen molar-refractivity contribution >= 4 is 39.6 Å². The minimum Gasteiger partial charge on any atom is -0.480 e. The maximum Gasteiger partial charge on any atom is 0.327 e. The van der Waals surface area contributed by atoms with E-state index in [1.165, 1.54) is 13.3 Å². The summed E-state index contributed by atoms with van der Waals surface area (Å²) in [7, 11) is 0. The first-order valence-electron chi connectivity index (χ1n) is 4.77. The van der Waals surface area contributed by atoms with E-state index < -0.39 is 17.9 Å². The topological polar surface area (TPSA) is 112 Å². The van der Waals surface area contributed by atoms with Gasteiger partial charge in [0.1, 0.15) is 15.5 Å². The second-order valence-corrected chi connectivity index (χ2v) is 5.05. The highest BCUT2D eigenvalue weighted by molar-refractivity contribution is 9.10. The molecule has 1 rings (SSSR count). The number of carbonyl (C=O) groups is 2. The molecule has 0 aliphatic rings. The number of carbonyl (C=O) groups excluding carboxylic acids is 1. The maximum atomic E-state index is 11.3. The van der Waals surface area contributed by atoms with Crippen LogP contribution in [-0.2, 0) is 9.59 Å². The third-order valence-electron chi connectivity index (χ3n) is 1.83. The number of hydrogen-bond acceptors (Lipinski definition) is 5. The van der Waals surface area contributed by atoms with Crippen LogP contribution in [0, 0.1) is 0 Å². The predicted octanol–water partition coefficient (Wildman–Crippen LogP) is 0.214. The SMILES string of the molecule is CC(=O)N[C@@H](CSc1nc[nH]c(=O)c1Br)C(=O)O. The van der Waals surface area contributed by atoms with Gasteiger partial charge in [0.05, 0.1) is 6.33 Å². The van der Waals surface area contributed by atoms with Crippen LogP contribution in [0.25, 0.3) is 0 Å². The summed E-state index contributed by atoms with van der Waals surface area (Å²) in [5.41, 5.74) is -0.348. The molecule has 98 valence electrons. The number of aromatic amines is 1. The average Bonchev–Trinajstić information content (AvgIpc) is 2.28. The standard InChI is InChI=1S/C9H10BrN3O4S/c1-4(14)13-5(9(16)17)2-18-8-6(10)7(15)11-3-12-8/h3,5H,2H2,1H3,(H,13,14)(H,16,17)(H,11,12,15)/t5-/m0/s1. The van der Waals surface area contributed by atoms with Crippen LogP contribution < -0.4 is 10.9 Å². The highest BCUT2D eigenvalue weighted by atomic mass is 79.9. The number of H-pyrrole nitrogens is 1. The molecule has 1 aromatic rings. The number of aliphatic carboxylic acids is 1. The maximum absolute atomic E-state index is 11.3. The number of carboxylic acid groups (broad SMARTS) is 1. The molecule has 1 amide bonds. The zero-order chi connectivity index (χ0) is 13.7.